The van der Waals surface area contributed by atoms with E-state index in [9.17, 15) is 15.3 Å². The summed E-state index contributed by atoms with van der Waals surface area (Å²) in [5.74, 6) is 3.41. The summed E-state index contributed by atoms with van der Waals surface area (Å²) in [5, 5.41) is 65.3. The molecule has 43 heavy (non-hydrogen) atoms. The lowest BCUT2D eigenvalue weighted by atomic mass is 9.73. The van der Waals surface area contributed by atoms with Gasteiger partial charge in [0.2, 0.25) is 0 Å². The zero-order valence-corrected chi connectivity index (χ0v) is 25.5. The average Bonchev–Trinajstić information content (AvgIpc) is 3.75. The standard InChI is InChI=1S/C32H56N8O3/c41-21-13-20-22(24(43)23(21)42)32-39-30-19-12-6-5-11-18(19)28(37-30)35-26-15-8-2-1-7-14(15)25(33-26)34-27-16-9-3-4-10-17(16)29(36-27)38-31(20)40-32/h14-43H,1-13H2. The summed E-state index contributed by atoms with van der Waals surface area (Å²) in [6.45, 7) is 0. The monoisotopic (exact) mass is 600 g/mol. The topological polar surface area (TPSA) is 157 Å². The summed E-state index contributed by atoms with van der Waals surface area (Å²) in [7, 11) is 0. The lowest BCUT2D eigenvalue weighted by molar-refractivity contribution is -0.130. The lowest BCUT2D eigenvalue weighted by Crippen LogP contribution is -2.62. The van der Waals surface area contributed by atoms with Crippen molar-refractivity contribution in [3.05, 3.63) is 0 Å². The molecule has 11 heteroatoms. The van der Waals surface area contributed by atoms with Crippen LogP contribution in [0.15, 0.2) is 0 Å². The highest BCUT2D eigenvalue weighted by atomic mass is 16.4. The third kappa shape index (κ3) is 4.79. The van der Waals surface area contributed by atoms with Gasteiger partial charge in [-0.05, 0) is 86.4 Å². The Balaban J connectivity index is 1.07. The first-order chi connectivity index (χ1) is 21.0. The van der Waals surface area contributed by atoms with Crippen LogP contribution in [0.25, 0.3) is 0 Å². The second-order valence-corrected chi connectivity index (χ2v) is 16.0. The summed E-state index contributed by atoms with van der Waals surface area (Å²) in [5.41, 5.74) is 0. The van der Waals surface area contributed by atoms with Crippen LogP contribution in [0, 0.1) is 47.3 Å². The Morgan fingerprint density at radius 1 is 0.326 bits per heavy atom. The van der Waals surface area contributed by atoms with Crippen LogP contribution in [0.4, 0.5) is 0 Å². The minimum atomic E-state index is -1.11. The third-order valence-corrected chi connectivity index (χ3v) is 14.0. The van der Waals surface area contributed by atoms with E-state index in [1.54, 1.807) is 0 Å². The Labute approximate surface area is 256 Å². The van der Waals surface area contributed by atoms with E-state index in [4.69, 9.17) is 0 Å². The largest absolute Gasteiger partial charge is 0.390 e. The van der Waals surface area contributed by atoms with Crippen LogP contribution in [0.5, 0.6) is 0 Å². The van der Waals surface area contributed by atoms with E-state index in [-0.39, 0.29) is 48.8 Å². The molecular weight excluding hydrogens is 544 g/mol. The van der Waals surface area contributed by atoms with Crippen LogP contribution in [0.1, 0.15) is 83.5 Å². The van der Waals surface area contributed by atoms with Gasteiger partial charge in [-0.3, -0.25) is 42.5 Å². The Kier molecular flexibility index (Phi) is 7.60. The molecule has 9 aliphatic rings. The molecule has 5 heterocycles. The van der Waals surface area contributed by atoms with Crippen molar-refractivity contribution in [3.63, 3.8) is 0 Å². The maximum absolute atomic E-state index is 11.4. The second kappa shape index (κ2) is 11.4. The fourth-order valence-corrected chi connectivity index (χ4v) is 12.0. The van der Waals surface area contributed by atoms with Crippen LogP contribution in [0.2, 0.25) is 0 Å². The molecule has 5 saturated heterocycles. The summed E-state index contributed by atoms with van der Waals surface area (Å²) < 4.78 is 0. The smallest absolute Gasteiger partial charge is 0.106 e. The van der Waals surface area contributed by atoms with E-state index >= 15 is 0 Å². The van der Waals surface area contributed by atoms with Gasteiger partial charge >= 0.3 is 0 Å². The maximum atomic E-state index is 11.4. The number of fused-ring (bicyclic) bond motifs is 20. The van der Waals surface area contributed by atoms with Crippen molar-refractivity contribution < 1.29 is 15.3 Å². The van der Waals surface area contributed by atoms with Crippen molar-refractivity contribution in [1.29, 1.82) is 0 Å². The first kappa shape index (κ1) is 28.8. The number of hydrogen-bond donors (Lipinski definition) is 11. The van der Waals surface area contributed by atoms with Gasteiger partial charge in [0.1, 0.15) is 6.10 Å². The van der Waals surface area contributed by atoms with Crippen LogP contribution in [0.3, 0.4) is 0 Å². The number of aliphatic hydroxyl groups is 3. The van der Waals surface area contributed by atoms with Crippen LogP contribution in [-0.2, 0) is 0 Å². The first-order valence-electron chi connectivity index (χ1n) is 18.2. The number of nitrogens with one attached hydrogen (secondary N) is 8. The minimum absolute atomic E-state index is 0.0237. The van der Waals surface area contributed by atoms with Gasteiger partial charge in [-0.25, -0.2) is 0 Å². The molecule has 4 aliphatic carbocycles. The highest BCUT2D eigenvalue weighted by Crippen LogP contribution is 2.45. The molecule has 8 bridgehead atoms. The Morgan fingerprint density at radius 2 is 0.605 bits per heavy atom. The van der Waals surface area contributed by atoms with E-state index in [1.165, 1.54) is 77.0 Å². The van der Waals surface area contributed by atoms with Crippen LogP contribution in [-0.4, -0.2) is 83.0 Å². The zero-order valence-electron chi connectivity index (χ0n) is 25.5. The van der Waals surface area contributed by atoms with Crippen LogP contribution >= 0.6 is 0 Å². The molecule has 11 nitrogen and oxygen atoms in total. The van der Waals surface area contributed by atoms with Crippen molar-refractivity contribution in [3.8, 4) is 0 Å². The van der Waals surface area contributed by atoms with Crippen molar-refractivity contribution >= 4 is 0 Å². The molecule has 9 rings (SSSR count). The van der Waals surface area contributed by atoms with Gasteiger partial charge in [-0.1, -0.05) is 38.5 Å². The number of rotatable bonds is 0. The molecule has 19 atom stereocenters. The van der Waals surface area contributed by atoms with Crippen molar-refractivity contribution in [1.82, 2.24) is 42.5 Å². The predicted octanol–water partition coefficient (Wildman–Crippen LogP) is -0.482. The molecule has 4 saturated carbocycles. The molecule has 11 N–H and O–H groups in total. The summed E-state index contributed by atoms with van der Waals surface area (Å²) in [4.78, 5) is 0. The molecule has 0 aromatic carbocycles. The minimum Gasteiger partial charge on any atom is -0.390 e. The zero-order chi connectivity index (χ0) is 28.8. The van der Waals surface area contributed by atoms with E-state index in [0.717, 1.165) is 0 Å². The molecule has 0 aromatic rings. The van der Waals surface area contributed by atoms with Gasteiger partial charge in [0.05, 0.1) is 61.5 Å². The van der Waals surface area contributed by atoms with Gasteiger partial charge in [0, 0.05) is 5.92 Å². The fourth-order valence-electron chi connectivity index (χ4n) is 12.0. The quantitative estimate of drug-likeness (QED) is 0.175. The summed E-state index contributed by atoms with van der Waals surface area (Å²) in [6, 6.07) is 0. The van der Waals surface area contributed by atoms with Gasteiger partial charge in [0.15, 0.2) is 0 Å². The van der Waals surface area contributed by atoms with Crippen molar-refractivity contribution in [2.45, 2.75) is 151 Å². The Bertz CT molecular complexity index is 1030. The van der Waals surface area contributed by atoms with E-state index in [0.29, 0.717) is 54.3 Å². The molecule has 19 unspecified atom stereocenters. The van der Waals surface area contributed by atoms with E-state index < -0.39 is 18.3 Å². The van der Waals surface area contributed by atoms with Gasteiger partial charge in [-0.15, -0.1) is 0 Å². The SMILES string of the molecule is OC1CC2C3NC4NC(NC5NC(NC6NC(NC(N3)C2C(O)C1O)C1CCCCC61)C1CCCCC51)C1CCCCC41. The fraction of sp³-hybridized carbons (Fsp3) is 1.00. The highest BCUT2D eigenvalue weighted by Gasteiger charge is 2.57. The number of hydrogen-bond acceptors (Lipinski definition) is 11. The lowest BCUT2D eigenvalue weighted by Gasteiger charge is -2.41. The van der Waals surface area contributed by atoms with Gasteiger partial charge < -0.3 is 15.3 Å². The molecular formula is C32H56N8O3. The van der Waals surface area contributed by atoms with Crippen molar-refractivity contribution in [2.24, 2.45) is 47.3 Å². The van der Waals surface area contributed by atoms with Crippen LogP contribution < -0.4 is 42.5 Å². The Hall–Kier alpha value is -0.440. The highest BCUT2D eigenvalue weighted by molar-refractivity contribution is 5.10. The second-order valence-electron chi connectivity index (χ2n) is 16.0. The normalized spacial score (nSPS) is 59.7. The molecule has 0 radical (unpaired) electrons. The molecule has 0 spiro atoms. The molecule has 0 aromatic heterocycles. The van der Waals surface area contributed by atoms with Gasteiger partial charge in [-0.2, -0.15) is 0 Å². The maximum Gasteiger partial charge on any atom is 0.106 e. The van der Waals surface area contributed by atoms with E-state index in [1.807, 2.05) is 0 Å². The van der Waals surface area contributed by atoms with Crippen molar-refractivity contribution in [2.75, 3.05) is 0 Å². The molecule has 0 amide bonds. The molecule has 5 aliphatic heterocycles. The summed E-state index contributed by atoms with van der Waals surface area (Å²) >= 11 is 0. The third-order valence-electron chi connectivity index (χ3n) is 14.0. The van der Waals surface area contributed by atoms with E-state index in [2.05, 4.69) is 42.5 Å². The number of aliphatic hydroxyl groups excluding tert-OH is 3. The first-order valence-corrected chi connectivity index (χ1v) is 18.2. The Morgan fingerprint density at radius 3 is 0.930 bits per heavy atom. The molecule has 242 valence electrons. The summed E-state index contributed by atoms with van der Waals surface area (Å²) in [6.07, 6.45) is 14.1. The van der Waals surface area contributed by atoms with Gasteiger partial charge in [0.25, 0.3) is 0 Å². The molecule has 9 fully saturated rings. The average molecular weight is 601 g/mol. The predicted molar refractivity (Wildman–Crippen MR) is 161 cm³/mol.